The van der Waals surface area contributed by atoms with E-state index < -0.39 is 28.9 Å². The summed E-state index contributed by atoms with van der Waals surface area (Å²) in [5.41, 5.74) is 6.91. The lowest BCUT2D eigenvalue weighted by atomic mass is 9.84. The van der Waals surface area contributed by atoms with E-state index in [4.69, 9.17) is 16.9 Å². The Balaban J connectivity index is 1.59. The number of nitrogens with zero attached hydrogens (tertiary/aromatic N) is 2. The van der Waals surface area contributed by atoms with Gasteiger partial charge >= 0.3 is 0 Å². The van der Waals surface area contributed by atoms with Gasteiger partial charge in [0.15, 0.2) is 17.1 Å². The minimum atomic E-state index is -0.981. The second-order valence-corrected chi connectivity index (χ2v) is 10.3. The van der Waals surface area contributed by atoms with Gasteiger partial charge in [0.05, 0.1) is 16.5 Å². The Morgan fingerprint density at radius 1 is 1.45 bits per heavy atom. The number of ether oxygens (including phenoxy) is 1. The van der Waals surface area contributed by atoms with Crippen LogP contribution in [-0.4, -0.2) is 33.5 Å². The minimum Gasteiger partial charge on any atom is -0.476 e. The highest BCUT2D eigenvalue weighted by molar-refractivity contribution is 8.15. The molecule has 1 aromatic carbocycles. The lowest BCUT2D eigenvalue weighted by molar-refractivity contribution is 0.0987. The molecule has 1 fully saturated rings. The lowest BCUT2D eigenvalue weighted by Gasteiger charge is -2.33. The molecule has 1 aromatic heterocycles. The van der Waals surface area contributed by atoms with Gasteiger partial charge in [-0.05, 0) is 56.5 Å². The Kier molecular flexibility index (Phi) is 5.95. The molecule has 1 aliphatic carbocycles. The zero-order chi connectivity index (χ0) is 24.0. The lowest BCUT2D eigenvalue weighted by Crippen LogP contribution is -2.36. The van der Waals surface area contributed by atoms with E-state index >= 15 is 0 Å². The number of thioether (sulfide) groups is 1. The summed E-state index contributed by atoms with van der Waals surface area (Å²) in [7, 11) is 0. The van der Waals surface area contributed by atoms with Crippen molar-refractivity contribution in [3.05, 3.63) is 58.7 Å². The summed E-state index contributed by atoms with van der Waals surface area (Å²) in [6.07, 6.45) is 6.99. The smallest absolute Gasteiger partial charge is 0.185 e. The number of hydrogen-bond donors (Lipinski definition) is 1. The molecule has 0 amide bonds. The van der Waals surface area contributed by atoms with E-state index in [1.807, 2.05) is 0 Å². The van der Waals surface area contributed by atoms with Crippen molar-refractivity contribution in [3.8, 4) is 18.1 Å². The van der Waals surface area contributed by atoms with Crippen molar-refractivity contribution in [2.24, 2.45) is 16.6 Å². The Morgan fingerprint density at radius 2 is 2.21 bits per heavy atom. The first-order chi connectivity index (χ1) is 15.6. The molecule has 172 valence electrons. The van der Waals surface area contributed by atoms with Gasteiger partial charge in [0.1, 0.15) is 23.9 Å². The number of benzene rings is 1. The summed E-state index contributed by atoms with van der Waals surface area (Å²) >= 11 is 1.23. The number of aryl methyl sites for hydroxylation is 1. The van der Waals surface area contributed by atoms with E-state index in [1.54, 1.807) is 39.0 Å². The molecule has 8 heteroatoms. The van der Waals surface area contributed by atoms with Crippen molar-refractivity contribution in [1.82, 2.24) is 4.98 Å². The van der Waals surface area contributed by atoms with Gasteiger partial charge in [0.2, 0.25) is 0 Å². The van der Waals surface area contributed by atoms with Gasteiger partial charge in [0.25, 0.3) is 0 Å². The first kappa shape index (κ1) is 23.2. The SMILES string of the molecule is C#C[C@H](C)Oc1cnc(C(=O)Cc2ccc(F)c([C@@]3(C)N=C(N)S[C@@]4(CF)C[C@H]43)c2)c(C)c1. The van der Waals surface area contributed by atoms with E-state index in [2.05, 4.69) is 15.9 Å². The number of rotatable bonds is 7. The molecular weight excluding hydrogens is 444 g/mol. The van der Waals surface area contributed by atoms with Crippen LogP contribution in [0.4, 0.5) is 8.78 Å². The molecule has 4 rings (SSSR count). The van der Waals surface area contributed by atoms with Crippen LogP contribution in [0.2, 0.25) is 0 Å². The fraction of sp³-hybridized carbons (Fsp3) is 0.400. The van der Waals surface area contributed by atoms with Crippen LogP contribution in [0.5, 0.6) is 5.75 Å². The first-order valence-electron chi connectivity index (χ1n) is 10.6. The molecule has 5 nitrogen and oxygen atoms in total. The van der Waals surface area contributed by atoms with Crippen LogP contribution < -0.4 is 10.5 Å². The van der Waals surface area contributed by atoms with Gasteiger partial charge in [0, 0.05) is 17.9 Å². The maximum absolute atomic E-state index is 14.9. The van der Waals surface area contributed by atoms with Crippen LogP contribution in [0.25, 0.3) is 0 Å². The number of carbonyl (C=O) groups is 1. The number of ketones is 1. The van der Waals surface area contributed by atoms with Gasteiger partial charge < -0.3 is 10.5 Å². The summed E-state index contributed by atoms with van der Waals surface area (Å²) < 4.78 is 33.6. The molecule has 4 atom stereocenters. The van der Waals surface area contributed by atoms with Crippen LogP contribution in [-0.2, 0) is 12.0 Å². The highest BCUT2D eigenvalue weighted by Crippen LogP contribution is 2.66. The molecule has 1 aliphatic heterocycles. The second-order valence-electron chi connectivity index (χ2n) is 8.83. The zero-order valence-corrected chi connectivity index (χ0v) is 19.5. The quantitative estimate of drug-likeness (QED) is 0.482. The normalized spacial score (nSPS) is 26.5. The fourth-order valence-corrected chi connectivity index (χ4v) is 5.88. The van der Waals surface area contributed by atoms with Crippen LogP contribution >= 0.6 is 11.8 Å². The largest absolute Gasteiger partial charge is 0.476 e. The van der Waals surface area contributed by atoms with E-state index in [9.17, 15) is 13.6 Å². The number of carbonyl (C=O) groups excluding carboxylic acids is 1. The number of aromatic nitrogens is 1. The van der Waals surface area contributed by atoms with Crippen LogP contribution in [0.1, 0.15) is 47.4 Å². The molecule has 2 heterocycles. The van der Waals surface area contributed by atoms with E-state index in [1.165, 1.54) is 24.0 Å². The van der Waals surface area contributed by atoms with Gasteiger partial charge in [-0.3, -0.25) is 9.79 Å². The number of halogens is 2. The predicted molar refractivity (Wildman–Crippen MR) is 126 cm³/mol. The number of fused-ring (bicyclic) bond motifs is 1. The maximum atomic E-state index is 14.9. The Bertz CT molecular complexity index is 1190. The fourth-order valence-electron chi connectivity index (χ4n) is 4.55. The van der Waals surface area contributed by atoms with E-state index in [0.717, 1.165) is 0 Å². The third kappa shape index (κ3) is 4.22. The van der Waals surface area contributed by atoms with Crippen LogP contribution in [0.15, 0.2) is 35.5 Å². The van der Waals surface area contributed by atoms with Crippen molar-refractivity contribution in [3.63, 3.8) is 0 Å². The first-order valence-corrected chi connectivity index (χ1v) is 11.5. The molecule has 0 bridgehead atoms. The summed E-state index contributed by atoms with van der Waals surface area (Å²) in [5.74, 6) is 2.14. The number of amidine groups is 1. The monoisotopic (exact) mass is 469 g/mol. The Hall–Kier alpha value is -2.92. The van der Waals surface area contributed by atoms with Crippen molar-refractivity contribution in [2.75, 3.05) is 6.67 Å². The van der Waals surface area contributed by atoms with Gasteiger partial charge in [-0.25, -0.2) is 13.8 Å². The number of Topliss-reactive ketones (excluding diaryl/α,β-unsaturated/α-hetero) is 1. The molecular formula is C25H25F2N3O2S. The molecule has 1 saturated carbocycles. The van der Waals surface area contributed by atoms with Crippen LogP contribution in [0, 0.1) is 31.0 Å². The summed E-state index contributed by atoms with van der Waals surface area (Å²) in [5, 5.41) is 0.256. The molecule has 0 radical (unpaired) electrons. The summed E-state index contributed by atoms with van der Waals surface area (Å²) in [6, 6.07) is 6.25. The number of pyridine rings is 1. The van der Waals surface area contributed by atoms with Gasteiger partial charge in [-0.1, -0.05) is 23.7 Å². The molecule has 0 unspecified atom stereocenters. The van der Waals surface area contributed by atoms with E-state index in [-0.39, 0.29) is 23.3 Å². The molecule has 33 heavy (non-hydrogen) atoms. The minimum absolute atomic E-state index is 0.0328. The number of aliphatic imine (C=N–C) groups is 1. The third-order valence-corrected chi connectivity index (χ3v) is 7.65. The number of alkyl halides is 1. The topological polar surface area (TPSA) is 77.6 Å². The molecule has 2 N–H and O–H groups in total. The molecule has 2 aromatic rings. The Morgan fingerprint density at radius 3 is 2.88 bits per heavy atom. The van der Waals surface area contributed by atoms with Gasteiger partial charge in [-0.2, -0.15) is 0 Å². The number of terminal acetylenes is 1. The summed E-state index contributed by atoms with van der Waals surface area (Å²) in [4.78, 5) is 21.7. The number of nitrogens with two attached hydrogens (primary N) is 1. The van der Waals surface area contributed by atoms with Crippen LogP contribution in [0.3, 0.4) is 0 Å². The summed E-state index contributed by atoms with van der Waals surface area (Å²) in [6.45, 7) is 4.75. The van der Waals surface area contributed by atoms with Gasteiger partial charge in [-0.15, -0.1) is 6.42 Å². The molecule has 0 spiro atoms. The average molecular weight is 470 g/mol. The number of hydrogen-bond acceptors (Lipinski definition) is 6. The highest BCUT2D eigenvalue weighted by atomic mass is 32.2. The predicted octanol–water partition coefficient (Wildman–Crippen LogP) is 4.36. The van der Waals surface area contributed by atoms with Crippen molar-refractivity contribution >= 4 is 22.7 Å². The highest BCUT2D eigenvalue weighted by Gasteiger charge is 2.66. The zero-order valence-electron chi connectivity index (χ0n) is 18.7. The van der Waals surface area contributed by atoms with Crippen molar-refractivity contribution < 1.29 is 18.3 Å². The standard InChI is InChI=1S/C25H25F2N3O2S/c1-5-15(3)32-17-8-14(2)22(29-12-17)20(31)10-16-6-7-19(27)18(9-16)24(4)21-11-25(21,13-26)33-23(28)30-24/h1,6-9,12,15,21H,10-11,13H2,2-4H3,(H2,28,30)/t15-,21-,24+,25+/m0/s1. The third-order valence-electron chi connectivity index (χ3n) is 6.39. The maximum Gasteiger partial charge on any atom is 0.185 e. The molecule has 2 aliphatic rings. The Labute approximate surface area is 196 Å². The van der Waals surface area contributed by atoms with Crippen molar-refractivity contribution in [1.29, 1.82) is 0 Å². The second kappa shape index (κ2) is 8.45. The van der Waals surface area contributed by atoms with E-state index in [0.29, 0.717) is 34.6 Å². The molecule has 0 saturated heterocycles. The average Bonchev–Trinajstić information content (AvgIpc) is 3.50. The van der Waals surface area contributed by atoms with Crippen molar-refractivity contribution in [2.45, 2.75) is 50.0 Å².